The van der Waals surface area contributed by atoms with E-state index in [2.05, 4.69) is 65.9 Å². The van der Waals surface area contributed by atoms with Crippen molar-refractivity contribution in [2.75, 3.05) is 31.5 Å². The standard InChI is InChI=1S/C47H62BN5O/c1-5-37-31-46-44(47(51-35(4)50-46)49-32-36-15-13-17-41(48)29-36)30-39(37)16-11-9-7-8-10-12-22-52-23-19-38(20-24-52)43-28-34(3)27-40-21-25-53(33-45(40)43)42(6-2)18-14-26-54/h6,13,15,17,26-31,38,42H,2,5,7-12,14,16,18-25,32-33H2,1,3-4H3,(H,49,50,51). The predicted molar refractivity (Wildman–Crippen MR) is 227 cm³/mol. The first-order chi connectivity index (χ1) is 26.3. The van der Waals surface area contributed by atoms with Gasteiger partial charge in [-0.1, -0.05) is 86.1 Å². The Labute approximate surface area is 326 Å². The molecule has 1 fully saturated rings. The number of rotatable bonds is 19. The Morgan fingerprint density at radius 2 is 1.76 bits per heavy atom. The molecule has 284 valence electrons. The Morgan fingerprint density at radius 3 is 2.52 bits per heavy atom. The molecule has 4 aromatic rings. The van der Waals surface area contributed by atoms with Crippen molar-refractivity contribution in [2.45, 2.75) is 129 Å². The number of hydrogen-bond acceptors (Lipinski definition) is 6. The maximum atomic E-state index is 11.1. The van der Waals surface area contributed by atoms with Gasteiger partial charge in [0.15, 0.2) is 0 Å². The van der Waals surface area contributed by atoms with Crippen LogP contribution in [0.2, 0.25) is 0 Å². The first-order valence-electron chi connectivity index (χ1n) is 20.9. The number of nitrogens with zero attached hydrogens (tertiary/aromatic N) is 4. The van der Waals surface area contributed by atoms with Gasteiger partial charge in [0.25, 0.3) is 0 Å². The smallest absolute Gasteiger partial charge is 0.137 e. The highest BCUT2D eigenvalue weighted by Gasteiger charge is 2.28. The van der Waals surface area contributed by atoms with Crippen LogP contribution in [0.1, 0.15) is 122 Å². The number of unbranched alkanes of at least 4 members (excludes halogenated alkanes) is 5. The molecular formula is C47H62BN5O. The fourth-order valence-corrected chi connectivity index (χ4v) is 9.01. The van der Waals surface area contributed by atoms with E-state index in [1.165, 1.54) is 87.7 Å². The van der Waals surface area contributed by atoms with Gasteiger partial charge in [0.1, 0.15) is 25.8 Å². The summed E-state index contributed by atoms with van der Waals surface area (Å²) in [5.74, 6) is 2.34. The van der Waals surface area contributed by atoms with Crippen LogP contribution in [0.15, 0.2) is 61.2 Å². The lowest BCUT2D eigenvalue weighted by Crippen LogP contribution is -2.39. The SMILES string of the molecule is [B]c1cccc(CNc2nc(C)nc3cc(CC)c(CCCCCCCCN4CCC(c5cc(C)cc6c5CN(C(C=C)CCC=O)CC6)CC4)cc23)c1. The summed E-state index contributed by atoms with van der Waals surface area (Å²) in [4.78, 5) is 25.9. The molecule has 0 aliphatic carbocycles. The van der Waals surface area contributed by atoms with Crippen molar-refractivity contribution in [1.82, 2.24) is 19.8 Å². The summed E-state index contributed by atoms with van der Waals surface area (Å²) in [5.41, 5.74) is 11.9. The summed E-state index contributed by atoms with van der Waals surface area (Å²) in [6.07, 6.45) is 18.1. The molecule has 1 unspecified atom stereocenters. The molecule has 2 aliphatic heterocycles. The number of carbonyl (C=O) groups is 1. The van der Waals surface area contributed by atoms with Crippen molar-refractivity contribution in [3.05, 3.63) is 106 Å². The number of benzene rings is 3. The van der Waals surface area contributed by atoms with Gasteiger partial charge < -0.3 is 15.0 Å². The number of aldehydes is 1. The molecule has 3 heterocycles. The highest BCUT2D eigenvalue weighted by Crippen LogP contribution is 2.36. The van der Waals surface area contributed by atoms with E-state index in [1.54, 1.807) is 16.7 Å². The zero-order valence-corrected chi connectivity index (χ0v) is 33.3. The largest absolute Gasteiger partial charge is 0.365 e. The van der Waals surface area contributed by atoms with Crippen molar-refractivity contribution < 1.29 is 4.79 Å². The van der Waals surface area contributed by atoms with Crippen LogP contribution in [0.3, 0.4) is 0 Å². The highest BCUT2D eigenvalue weighted by atomic mass is 16.1. The summed E-state index contributed by atoms with van der Waals surface area (Å²) in [6, 6.07) is 17.8. The van der Waals surface area contributed by atoms with Gasteiger partial charge in [0.2, 0.25) is 0 Å². The van der Waals surface area contributed by atoms with Crippen molar-refractivity contribution >= 4 is 36.3 Å². The normalized spacial score (nSPS) is 16.0. The van der Waals surface area contributed by atoms with Gasteiger partial charge in [-0.3, -0.25) is 4.90 Å². The summed E-state index contributed by atoms with van der Waals surface area (Å²) in [5, 5.41) is 4.67. The van der Waals surface area contributed by atoms with Gasteiger partial charge in [-0.05, 0) is 136 Å². The lowest BCUT2D eigenvalue weighted by atomic mass is 9.81. The summed E-state index contributed by atoms with van der Waals surface area (Å²) in [7, 11) is 6.01. The van der Waals surface area contributed by atoms with Crippen LogP contribution >= 0.6 is 0 Å². The van der Waals surface area contributed by atoms with E-state index >= 15 is 0 Å². The van der Waals surface area contributed by atoms with E-state index in [0.29, 0.717) is 18.9 Å². The first-order valence-corrected chi connectivity index (χ1v) is 20.9. The van der Waals surface area contributed by atoms with Crippen LogP contribution in [0.25, 0.3) is 10.9 Å². The lowest BCUT2D eigenvalue weighted by molar-refractivity contribution is -0.108. The van der Waals surface area contributed by atoms with Crippen molar-refractivity contribution in [1.29, 1.82) is 0 Å². The molecule has 2 radical (unpaired) electrons. The molecule has 1 atom stereocenters. The Kier molecular flexibility index (Phi) is 14.5. The van der Waals surface area contributed by atoms with E-state index in [9.17, 15) is 4.79 Å². The van der Waals surface area contributed by atoms with Gasteiger partial charge in [-0.2, -0.15) is 0 Å². The second kappa shape index (κ2) is 19.7. The molecule has 1 saturated heterocycles. The first kappa shape index (κ1) is 39.9. The Morgan fingerprint density at radius 1 is 0.963 bits per heavy atom. The Balaban J connectivity index is 0.926. The van der Waals surface area contributed by atoms with Gasteiger partial charge in [0, 0.05) is 37.5 Å². The summed E-state index contributed by atoms with van der Waals surface area (Å²) in [6.45, 7) is 17.0. The predicted octanol–water partition coefficient (Wildman–Crippen LogP) is 8.87. The molecule has 7 heteroatoms. The lowest BCUT2D eigenvalue weighted by Gasteiger charge is -2.38. The second-order valence-corrected chi connectivity index (χ2v) is 16.0. The molecule has 0 bridgehead atoms. The quantitative estimate of drug-likeness (QED) is 0.0452. The van der Waals surface area contributed by atoms with Crippen molar-refractivity contribution in [3.63, 3.8) is 0 Å². The number of carbonyl (C=O) groups excluding carboxylic acids is 1. The third kappa shape index (κ3) is 10.5. The number of likely N-dealkylation sites (tertiary alicyclic amines) is 1. The minimum atomic E-state index is 0.279. The average molecular weight is 724 g/mol. The monoisotopic (exact) mass is 724 g/mol. The van der Waals surface area contributed by atoms with Crippen LogP contribution in [-0.4, -0.2) is 66.1 Å². The zero-order valence-electron chi connectivity index (χ0n) is 33.3. The van der Waals surface area contributed by atoms with Gasteiger partial charge in [0.05, 0.1) is 5.52 Å². The summed E-state index contributed by atoms with van der Waals surface area (Å²) < 4.78 is 0. The van der Waals surface area contributed by atoms with Crippen molar-refractivity contribution in [2.24, 2.45) is 0 Å². The van der Waals surface area contributed by atoms with Gasteiger partial charge in [-0.15, -0.1) is 6.58 Å². The van der Waals surface area contributed by atoms with E-state index < -0.39 is 0 Å². The van der Waals surface area contributed by atoms with Crippen LogP contribution in [0.5, 0.6) is 0 Å². The number of fused-ring (bicyclic) bond motifs is 2. The van der Waals surface area contributed by atoms with Crippen LogP contribution in [0, 0.1) is 13.8 Å². The summed E-state index contributed by atoms with van der Waals surface area (Å²) >= 11 is 0. The zero-order chi connectivity index (χ0) is 37.9. The molecule has 1 aromatic heterocycles. The highest BCUT2D eigenvalue weighted by molar-refractivity contribution is 6.32. The van der Waals surface area contributed by atoms with Gasteiger partial charge >= 0.3 is 0 Å². The molecule has 6 rings (SSSR count). The molecule has 0 saturated carbocycles. The third-order valence-corrected chi connectivity index (χ3v) is 12.0. The topological polar surface area (TPSA) is 61.4 Å². The van der Waals surface area contributed by atoms with E-state index in [1.807, 2.05) is 31.2 Å². The average Bonchev–Trinajstić information content (AvgIpc) is 3.18. The number of anilines is 1. The fourth-order valence-electron chi connectivity index (χ4n) is 9.01. The Bertz CT molecular complexity index is 1870. The molecule has 3 aromatic carbocycles. The van der Waals surface area contributed by atoms with E-state index in [-0.39, 0.29) is 6.04 Å². The molecular weight excluding hydrogens is 661 g/mol. The van der Waals surface area contributed by atoms with Crippen LogP contribution < -0.4 is 10.8 Å². The number of aromatic nitrogens is 2. The number of piperidine rings is 1. The molecule has 0 spiro atoms. The minimum absolute atomic E-state index is 0.279. The fraction of sp³-hybridized carbons (Fsp3) is 0.511. The van der Waals surface area contributed by atoms with Crippen LogP contribution in [0.4, 0.5) is 5.82 Å². The molecule has 54 heavy (non-hydrogen) atoms. The molecule has 2 aliphatic rings. The van der Waals surface area contributed by atoms with E-state index in [0.717, 1.165) is 78.6 Å². The molecule has 0 amide bonds. The maximum Gasteiger partial charge on any atom is 0.137 e. The van der Waals surface area contributed by atoms with E-state index in [4.69, 9.17) is 17.8 Å². The second-order valence-electron chi connectivity index (χ2n) is 16.0. The maximum absolute atomic E-state index is 11.1. The molecule has 6 nitrogen and oxygen atoms in total. The van der Waals surface area contributed by atoms with Gasteiger partial charge in [-0.25, -0.2) is 9.97 Å². The third-order valence-electron chi connectivity index (χ3n) is 12.0. The number of aryl methyl sites for hydroxylation is 4. The van der Waals surface area contributed by atoms with Crippen molar-refractivity contribution in [3.8, 4) is 0 Å². The Hall–Kier alpha value is -3.81. The minimum Gasteiger partial charge on any atom is -0.365 e. The number of hydrogen-bond donors (Lipinski definition) is 1. The molecule has 1 N–H and O–H groups in total. The van der Waals surface area contributed by atoms with Crippen LogP contribution in [-0.2, 0) is 37.1 Å². The number of nitrogens with one attached hydrogen (secondary N) is 1.